The third-order valence-corrected chi connectivity index (χ3v) is 7.08. The largest absolute Gasteiger partial charge is 0.494 e. The first kappa shape index (κ1) is 25.8. The van der Waals surface area contributed by atoms with E-state index in [-0.39, 0.29) is 17.8 Å². The van der Waals surface area contributed by atoms with Gasteiger partial charge in [0.2, 0.25) is 0 Å². The Bertz CT molecular complexity index is 1450. The summed E-state index contributed by atoms with van der Waals surface area (Å²) in [7, 11) is 0. The summed E-state index contributed by atoms with van der Waals surface area (Å²) in [6.45, 7) is 6.15. The highest BCUT2D eigenvalue weighted by Crippen LogP contribution is 2.44. The maximum Gasteiger partial charge on any atom is 0.418 e. The zero-order valence-corrected chi connectivity index (χ0v) is 22.0. The van der Waals surface area contributed by atoms with Crippen LogP contribution >= 0.6 is 12.2 Å². The van der Waals surface area contributed by atoms with Gasteiger partial charge in [0.25, 0.3) is 0 Å². The number of aryl methyl sites for hydroxylation is 1. The van der Waals surface area contributed by atoms with Crippen LogP contribution in [0.4, 0.5) is 18.9 Å². The van der Waals surface area contributed by atoms with Crippen molar-refractivity contribution >= 4 is 23.0 Å². The van der Waals surface area contributed by atoms with E-state index < -0.39 is 11.7 Å². The van der Waals surface area contributed by atoms with Gasteiger partial charge in [-0.25, -0.2) is 0 Å². The molecule has 1 fully saturated rings. The van der Waals surface area contributed by atoms with Crippen molar-refractivity contribution < 1.29 is 17.9 Å². The number of nitrogens with one attached hydrogen (secondary N) is 1. The number of rotatable bonds is 6. The van der Waals surface area contributed by atoms with Crippen molar-refractivity contribution in [3.8, 4) is 11.4 Å². The van der Waals surface area contributed by atoms with Gasteiger partial charge in [-0.2, -0.15) is 13.2 Å². The minimum absolute atomic E-state index is 0.0942. The van der Waals surface area contributed by atoms with E-state index in [9.17, 15) is 13.2 Å². The zero-order valence-electron chi connectivity index (χ0n) is 21.2. The van der Waals surface area contributed by atoms with Crippen LogP contribution in [0.25, 0.3) is 5.69 Å². The number of anilines is 1. The van der Waals surface area contributed by atoms with Gasteiger partial charge in [0, 0.05) is 23.3 Å². The number of ether oxygens (including phenoxy) is 1. The summed E-state index contributed by atoms with van der Waals surface area (Å²) in [6.07, 6.45) is -2.76. The molecule has 1 N–H and O–H groups in total. The molecule has 0 bridgehead atoms. The van der Waals surface area contributed by atoms with E-state index in [1.165, 1.54) is 12.1 Å². The number of aromatic nitrogens is 2. The Kier molecular flexibility index (Phi) is 6.88. The van der Waals surface area contributed by atoms with E-state index in [0.717, 1.165) is 28.8 Å². The van der Waals surface area contributed by atoms with Crippen molar-refractivity contribution in [3.63, 3.8) is 0 Å². The van der Waals surface area contributed by atoms with Gasteiger partial charge in [-0.15, -0.1) is 0 Å². The summed E-state index contributed by atoms with van der Waals surface area (Å²) in [6, 6.07) is 20.2. The Morgan fingerprint density at radius 3 is 2.37 bits per heavy atom. The zero-order chi connectivity index (χ0) is 27.0. The van der Waals surface area contributed by atoms with E-state index in [0.29, 0.717) is 23.1 Å². The topological polar surface area (TPSA) is 42.3 Å². The average Bonchev–Trinajstić information content (AvgIpc) is 3.39. The second-order valence-corrected chi connectivity index (χ2v) is 9.49. The molecule has 2 aromatic heterocycles. The van der Waals surface area contributed by atoms with Gasteiger partial charge >= 0.3 is 6.18 Å². The molecule has 4 aromatic rings. The van der Waals surface area contributed by atoms with Gasteiger partial charge < -0.3 is 19.5 Å². The Hall–Kier alpha value is -3.85. The molecule has 196 valence electrons. The van der Waals surface area contributed by atoms with Crippen molar-refractivity contribution in [1.29, 1.82) is 0 Å². The Morgan fingerprint density at radius 1 is 1.00 bits per heavy atom. The number of alkyl halides is 3. The van der Waals surface area contributed by atoms with Gasteiger partial charge in [-0.1, -0.05) is 18.2 Å². The fourth-order valence-electron chi connectivity index (χ4n) is 5.18. The van der Waals surface area contributed by atoms with Gasteiger partial charge in [-0.3, -0.25) is 4.98 Å². The molecule has 9 heteroatoms. The highest BCUT2D eigenvalue weighted by Gasteiger charge is 2.43. The Balaban J connectivity index is 1.67. The average molecular weight is 537 g/mol. The van der Waals surface area contributed by atoms with Crippen LogP contribution < -0.4 is 15.0 Å². The molecular weight excluding hydrogens is 509 g/mol. The highest BCUT2D eigenvalue weighted by molar-refractivity contribution is 7.80. The van der Waals surface area contributed by atoms with Crippen LogP contribution in [0.5, 0.6) is 5.75 Å². The molecule has 38 heavy (non-hydrogen) atoms. The monoisotopic (exact) mass is 536 g/mol. The summed E-state index contributed by atoms with van der Waals surface area (Å²) in [4.78, 5) is 6.58. The van der Waals surface area contributed by atoms with Crippen molar-refractivity contribution in [3.05, 3.63) is 107 Å². The van der Waals surface area contributed by atoms with Crippen LogP contribution in [0.2, 0.25) is 0 Å². The second-order valence-electron chi connectivity index (χ2n) is 9.10. The normalized spacial score (nSPS) is 17.5. The van der Waals surface area contributed by atoms with Crippen LogP contribution in [-0.2, 0) is 6.18 Å². The first-order valence-corrected chi connectivity index (χ1v) is 12.7. The van der Waals surface area contributed by atoms with Crippen molar-refractivity contribution in [1.82, 2.24) is 14.9 Å². The van der Waals surface area contributed by atoms with Gasteiger partial charge in [0.05, 0.1) is 35.6 Å². The molecule has 1 aliphatic heterocycles. The lowest BCUT2D eigenvalue weighted by Gasteiger charge is -2.28. The van der Waals surface area contributed by atoms with Crippen molar-refractivity contribution in [2.45, 2.75) is 39.0 Å². The highest BCUT2D eigenvalue weighted by atomic mass is 32.1. The lowest BCUT2D eigenvalue weighted by atomic mass is 9.96. The first-order chi connectivity index (χ1) is 18.2. The van der Waals surface area contributed by atoms with E-state index in [2.05, 4.69) is 10.3 Å². The summed E-state index contributed by atoms with van der Waals surface area (Å²) < 4.78 is 49.1. The maximum atomic E-state index is 13.9. The van der Waals surface area contributed by atoms with Gasteiger partial charge in [-0.05, 0) is 93.1 Å². The molecule has 1 saturated heterocycles. The molecule has 2 aromatic carbocycles. The van der Waals surface area contributed by atoms with Crippen LogP contribution in [0.15, 0.2) is 79.0 Å². The minimum Gasteiger partial charge on any atom is -0.494 e. The number of halogens is 3. The molecule has 0 aliphatic carbocycles. The fourth-order valence-corrected chi connectivity index (χ4v) is 5.53. The van der Waals surface area contributed by atoms with Crippen LogP contribution in [0, 0.1) is 13.8 Å². The predicted molar refractivity (Wildman–Crippen MR) is 146 cm³/mol. The fraction of sp³-hybridized carbons (Fsp3) is 0.241. The molecule has 3 heterocycles. The van der Waals surface area contributed by atoms with E-state index in [1.54, 1.807) is 16.8 Å². The molecule has 0 radical (unpaired) electrons. The number of benzene rings is 2. The van der Waals surface area contributed by atoms with Crippen LogP contribution in [-0.4, -0.2) is 21.3 Å². The molecule has 0 spiro atoms. The number of hydrogen-bond acceptors (Lipinski definition) is 3. The van der Waals surface area contributed by atoms with E-state index in [4.69, 9.17) is 17.0 Å². The molecule has 0 saturated carbocycles. The van der Waals surface area contributed by atoms with Gasteiger partial charge in [0.1, 0.15) is 5.75 Å². The number of pyridine rings is 1. The Labute approximate surface area is 224 Å². The maximum absolute atomic E-state index is 13.9. The molecule has 5 nitrogen and oxygen atoms in total. The van der Waals surface area contributed by atoms with Gasteiger partial charge in [0.15, 0.2) is 5.11 Å². The minimum atomic E-state index is -4.48. The van der Waals surface area contributed by atoms with Crippen LogP contribution in [0.1, 0.15) is 47.2 Å². The molecule has 0 amide bonds. The standard InChI is InChI=1S/C29H27F3N4OS/c1-4-37-21-14-12-20(13-15-21)36-27(26(34-28(36)38)24-10-7-8-16-33-24)22-17-18(2)35(19(22)3)25-11-6-5-9-23(25)29(30,31)32/h5-17,26-27H,4H2,1-3H3,(H,34,38)/t26-,27-/m1/s1. The summed E-state index contributed by atoms with van der Waals surface area (Å²) in [5.41, 5.74) is 3.29. The summed E-state index contributed by atoms with van der Waals surface area (Å²) >= 11 is 5.81. The molecule has 1 aliphatic rings. The number of thiocarbonyl (C=S) groups is 1. The van der Waals surface area contributed by atoms with Crippen LogP contribution in [0.3, 0.4) is 0 Å². The molecular formula is C29H27F3N4OS. The molecule has 0 unspecified atom stereocenters. The third kappa shape index (κ3) is 4.62. The smallest absolute Gasteiger partial charge is 0.418 e. The summed E-state index contributed by atoms with van der Waals surface area (Å²) in [5, 5.41) is 3.92. The van der Waals surface area contributed by atoms with E-state index in [1.807, 2.05) is 74.2 Å². The third-order valence-electron chi connectivity index (χ3n) is 6.76. The second kappa shape index (κ2) is 10.1. The molecule has 2 atom stereocenters. The summed E-state index contributed by atoms with van der Waals surface area (Å²) in [5.74, 6) is 0.745. The Morgan fingerprint density at radius 2 is 1.71 bits per heavy atom. The van der Waals surface area contributed by atoms with Crippen molar-refractivity contribution in [2.24, 2.45) is 0 Å². The lowest BCUT2D eigenvalue weighted by Crippen LogP contribution is -2.29. The van der Waals surface area contributed by atoms with Crippen molar-refractivity contribution in [2.75, 3.05) is 11.5 Å². The SMILES string of the molecule is CCOc1ccc(N2C(=S)N[C@H](c3ccccn3)[C@H]2c2cc(C)n(-c3ccccc3C(F)(F)F)c2C)cc1. The first-order valence-electron chi connectivity index (χ1n) is 12.3. The quantitative estimate of drug-likeness (QED) is 0.267. The number of nitrogens with zero attached hydrogens (tertiary/aromatic N) is 3. The lowest BCUT2D eigenvalue weighted by molar-refractivity contribution is -0.137. The molecule has 5 rings (SSSR count). The number of hydrogen-bond donors (Lipinski definition) is 1. The van der Waals surface area contributed by atoms with E-state index >= 15 is 0 Å². The predicted octanol–water partition coefficient (Wildman–Crippen LogP) is 7.08. The number of para-hydroxylation sites is 1.